The summed E-state index contributed by atoms with van der Waals surface area (Å²) in [6, 6.07) is 14.9. The first kappa shape index (κ1) is 20.8. The number of nitrogens with two attached hydrogens (primary N) is 2. The highest BCUT2D eigenvalue weighted by Crippen LogP contribution is 2.25. The van der Waals surface area contributed by atoms with E-state index in [0.29, 0.717) is 22.1 Å². The highest BCUT2D eigenvalue weighted by molar-refractivity contribution is 7.98. The predicted molar refractivity (Wildman–Crippen MR) is 115 cm³/mol. The van der Waals surface area contributed by atoms with Gasteiger partial charge in [-0.05, 0) is 30.5 Å². The SMILES string of the molecule is CN=C(N)c1c(SC)nc(-c2ccccc2)n(-c2ccc(S(N)(=O)=O)cc2)c1=O. The molecule has 29 heavy (non-hydrogen) atoms. The number of hydrogen-bond acceptors (Lipinski definition) is 6. The van der Waals surface area contributed by atoms with E-state index in [0.717, 1.165) is 0 Å². The maximum absolute atomic E-state index is 13.4. The van der Waals surface area contributed by atoms with Gasteiger partial charge in [0.25, 0.3) is 5.56 Å². The molecule has 3 aromatic rings. The van der Waals surface area contributed by atoms with Crippen molar-refractivity contribution in [1.29, 1.82) is 0 Å². The normalized spacial score (nSPS) is 12.2. The van der Waals surface area contributed by atoms with Crippen LogP contribution in [0.4, 0.5) is 0 Å². The molecule has 2 aromatic carbocycles. The van der Waals surface area contributed by atoms with E-state index in [4.69, 9.17) is 10.9 Å². The molecule has 1 heterocycles. The van der Waals surface area contributed by atoms with Gasteiger partial charge in [-0.3, -0.25) is 14.4 Å². The van der Waals surface area contributed by atoms with E-state index >= 15 is 0 Å². The molecule has 3 rings (SSSR count). The lowest BCUT2D eigenvalue weighted by molar-refractivity contribution is 0.598. The van der Waals surface area contributed by atoms with Gasteiger partial charge >= 0.3 is 0 Å². The maximum Gasteiger partial charge on any atom is 0.270 e. The number of aromatic nitrogens is 2. The molecule has 0 aliphatic carbocycles. The van der Waals surface area contributed by atoms with Crippen LogP contribution in [0, 0.1) is 0 Å². The zero-order chi connectivity index (χ0) is 21.2. The highest BCUT2D eigenvalue weighted by Gasteiger charge is 2.21. The molecule has 4 N–H and O–H groups in total. The van der Waals surface area contributed by atoms with Crippen molar-refractivity contribution in [1.82, 2.24) is 9.55 Å². The van der Waals surface area contributed by atoms with Crippen LogP contribution in [0.1, 0.15) is 5.56 Å². The van der Waals surface area contributed by atoms with E-state index in [1.54, 1.807) is 6.26 Å². The number of thioether (sulfide) groups is 1. The molecule has 0 unspecified atom stereocenters. The summed E-state index contributed by atoms with van der Waals surface area (Å²) in [7, 11) is -2.36. The number of sulfonamides is 1. The highest BCUT2D eigenvalue weighted by atomic mass is 32.2. The van der Waals surface area contributed by atoms with E-state index in [1.807, 2.05) is 30.3 Å². The Morgan fingerprint density at radius 2 is 1.72 bits per heavy atom. The van der Waals surface area contributed by atoms with E-state index in [1.165, 1.54) is 47.6 Å². The minimum Gasteiger partial charge on any atom is -0.383 e. The van der Waals surface area contributed by atoms with E-state index < -0.39 is 15.6 Å². The van der Waals surface area contributed by atoms with Gasteiger partial charge in [0.15, 0.2) is 0 Å². The van der Waals surface area contributed by atoms with Gasteiger partial charge in [0.2, 0.25) is 10.0 Å². The first-order chi connectivity index (χ1) is 13.8. The van der Waals surface area contributed by atoms with E-state index in [9.17, 15) is 13.2 Å². The molecule has 0 aliphatic rings. The van der Waals surface area contributed by atoms with E-state index in [2.05, 4.69) is 9.98 Å². The molecule has 150 valence electrons. The van der Waals surface area contributed by atoms with Crippen LogP contribution in [0.15, 0.2) is 74.3 Å². The van der Waals surface area contributed by atoms with Gasteiger partial charge in [-0.15, -0.1) is 11.8 Å². The van der Waals surface area contributed by atoms with Crippen LogP contribution in [0.2, 0.25) is 0 Å². The average molecular weight is 430 g/mol. The summed E-state index contributed by atoms with van der Waals surface area (Å²) in [6.45, 7) is 0. The molecular weight excluding hydrogens is 410 g/mol. The second kappa shape index (κ2) is 8.19. The molecule has 0 atom stereocenters. The monoisotopic (exact) mass is 429 g/mol. The van der Waals surface area contributed by atoms with Gasteiger partial charge in [-0.2, -0.15) is 0 Å². The van der Waals surface area contributed by atoms with Crippen LogP contribution in [0.3, 0.4) is 0 Å². The molecule has 0 saturated heterocycles. The molecule has 0 fully saturated rings. The van der Waals surface area contributed by atoms with E-state index in [-0.39, 0.29) is 16.3 Å². The third-order valence-corrected chi connectivity index (χ3v) is 5.81. The Balaban J connectivity index is 2.38. The maximum atomic E-state index is 13.4. The van der Waals surface area contributed by atoms with Crippen LogP contribution in [-0.4, -0.2) is 37.1 Å². The Kier molecular flexibility index (Phi) is 5.87. The fraction of sp³-hybridized carbons (Fsp3) is 0.105. The summed E-state index contributed by atoms with van der Waals surface area (Å²) in [5.74, 6) is 0.470. The van der Waals surface area contributed by atoms with Crippen LogP contribution >= 0.6 is 11.8 Å². The van der Waals surface area contributed by atoms with Crippen molar-refractivity contribution >= 4 is 27.6 Å². The van der Waals surface area contributed by atoms with Crippen molar-refractivity contribution in [3.8, 4) is 17.1 Å². The third-order valence-electron chi connectivity index (χ3n) is 4.20. The van der Waals surface area contributed by atoms with Crippen LogP contribution in [-0.2, 0) is 10.0 Å². The van der Waals surface area contributed by atoms with Gasteiger partial charge in [0.1, 0.15) is 22.2 Å². The molecular formula is C19H19N5O3S2. The Labute approximate surface area is 172 Å². The number of hydrogen-bond donors (Lipinski definition) is 2. The van der Waals surface area contributed by atoms with Gasteiger partial charge in [0, 0.05) is 12.6 Å². The molecule has 10 heteroatoms. The zero-order valence-corrected chi connectivity index (χ0v) is 17.4. The minimum absolute atomic E-state index is 0.0564. The molecule has 0 aliphatic heterocycles. The second-order valence-corrected chi connectivity index (χ2v) is 8.33. The Bertz CT molecular complexity index is 1240. The quantitative estimate of drug-likeness (QED) is 0.274. The first-order valence-electron chi connectivity index (χ1n) is 8.40. The molecule has 0 amide bonds. The van der Waals surface area contributed by atoms with Crippen LogP contribution in [0.5, 0.6) is 0 Å². The minimum atomic E-state index is -3.86. The lowest BCUT2D eigenvalue weighted by atomic mass is 10.2. The average Bonchev–Trinajstić information content (AvgIpc) is 2.72. The number of nitrogens with zero attached hydrogens (tertiary/aromatic N) is 3. The third kappa shape index (κ3) is 4.09. The summed E-state index contributed by atoms with van der Waals surface area (Å²) in [6.07, 6.45) is 1.80. The van der Waals surface area contributed by atoms with Crippen molar-refractivity contribution in [3.63, 3.8) is 0 Å². The molecule has 1 aromatic heterocycles. The Hall–Kier alpha value is -2.95. The topological polar surface area (TPSA) is 133 Å². The van der Waals surface area contributed by atoms with Crippen LogP contribution in [0.25, 0.3) is 17.1 Å². The number of amidine groups is 1. The predicted octanol–water partition coefficient (Wildman–Crippen LogP) is 1.60. The zero-order valence-electron chi connectivity index (χ0n) is 15.7. The number of primary sulfonamides is 1. The molecule has 0 radical (unpaired) electrons. The Morgan fingerprint density at radius 1 is 1.10 bits per heavy atom. The summed E-state index contributed by atoms with van der Waals surface area (Å²) >= 11 is 1.29. The summed E-state index contributed by atoms with van der Waals surface area (Å²) in [5.41, 5.74) is 6.90. The fourth-order valence-corrected chi connectivity index (χ4v) is 3.87. The van der Waals surface area contributed by atoms with Gasteiger partial charge in [-0.1, -0.05) is 30.3 Å². The van der Waals surface area contributed by atoms with Gasteiger partial charge in [-0.25, -0.2) is 18.5 Å². The second-order valence-electron chi connectivity index (χ2n) is 5.97. The fourth-order valence-electron chi connectivity index (χ4n) is 2.79. The molecule has 0 spiro atoms. The number of aliphatic imine (C=N–C) groups is 1. The molecule has 0 saturated carbocycles. The standard InChI is InChI=1S/C19H19N5O3S2/c1-22-16(20)15-18(28-2)23-17(12-6-4-3-5-7-12)24(19(15)25)13-8-10-14(11-9-13)29(21,26)27/h3-11H,1-2H3,(H2,20,22)(H2,21,26,27). The van der Waals surface area contributed by atoms with Gasteiger partial charge in [0.05, 0.1) is 10.6 Å². The summed E-state index contributed by atoms with van der Waals surface area (Å²) in [5, 5.41) is 5.63. The largest absolute Gasteiger partial charge is 0.383 e. The van der Waals surface area contributed by atoms with Crippen molar-refractivity contribution in [2.45, 2.75) is 9.92 Å². The van der Waals surface area contributed by atoms with Crippen molar-refractivity contribution in [3.05, 3.63) is 70.5 Å². The smallest absolute Gasteiger partial charge is 0.270 e. The number of benzene rings is 2. The van der Waals surface area contributed by atoms with Gasteiger partial charge < -0.3 is 5.73 Å². The first-order valence-corrected chi connectivity index (χ1v) is 11.2. The summed E-state index contributed by atoms with van der Waals surface area (Å²) < 4.78 is 24.5. The lowest BCUT2D eigenvalue weighted by Gasteiger charge is -2.16. The Morgan fingerprint density at radius 3 is 2.24 bits per heavy atom. The van der Waals surface area contributed by atoms with Crippen LogP contribution < -0.4 is 16.4 Å². The van der Waals surface area contributed by atoms with Crippen molar-refractivity contribution in [2.24, 2.45) is 15.9 Å². The van der Waals surface area contributed by atoms with Crippen molar-refractivity contribution in [2.75, 3.05) is 13.3 Å². The number of rotatable bonds is 5. The van der Waals surface area contributed by atoms with Crippen molar-refractivity contribution < 1.29 is 8.42 Å². The lowest BCUT2D eigenvalue weighted by Crippen LogP contribution is -2.32. The molecule has 8 nitrogen and oxygen atoms in total. The summed E-state index contributed by atoms with van der Waals surface area (Å²) in [4.78, 5) is 22.0. The molecule has 0 bridgehead atoms.